The molecule has 224 valence electrons. The van der Waals surface area contributed by atoms with E-state index in [4.69, 9.17) is 8.83 Å². The largest absolute Gasteiger partial charge is 0.456 e. The highest BCUT2D eigenvalue weighted by Crippen LogP contribution is 2.45. The van der Waals surface area contributed by atoms with Gasteiger partial charge in [0.15, 0.2) is 0 Å². The lowest BCUT2D eigenvalue weighted by atomic mass is 9.98. The molecule has 9 aromatic rings. The Labute approximate surface area is 272 Å². The highest BCUT2D eigenvalue weighted by atomic mass is 16.3. The highest BCUT2D eigenvalue weighted by Gasteiger charge is 2.22. The normalized spacial score (nSPS) is 12.0. The van der Waals surface area contributed by atoms with Crippen LogP contribution in [0.15, 0.2) is 154 Å². The molecule has 0 bridgehead atoms. The maximum Gasteiger partial charge on any atom is 0.143 e. The lowest BCUT2D eigenvalue weighted by Crippen LogP contribution is -2.13. The second-order valence-electron chi connectivity index (χ2n) is 12.1. The van der Waals surface area contributed by atoms with Crippen LogP contribution in [0.3, 0.4) is 0 Å². The molecule has 47 heavy (non-hydrogen) atoms. The number of hydrogen-bond acceptors (Lipinski definition) is 3. The van der Waals surface area contributed by atoms with E-state index in [1.54, 1.807) is 0 Å². The summed E-state index contributed by atoms with van der Waals surface area (Å²) in [7, 11) is 0. The molecule has 9 rings (SSSR count). The molecule has 7 aromatic carbocycles. The number of benzene rings is 7. The van der Waals surface area contributed by atoms with Gasteiger partial charge in [-0.2, -0.15) is 0 Å². The molecule has 0 amide bonds. The smallest absolute Gasteiger partial charge is 0.143 e. The summed E-state index contributed by atoms with van der Waals surface area (Å²) >= 11 is 0. The minimum absolute atomic E-state index is 0.866. The third-order valence-corrected chi connectivity index (χ3v) is 9.31. The van der Waals surface area contributed by atoms with E-state index in [1.165, 1.54) is 16.5 Å². The first-order valence-electron chi connectivity index (χ1n) is 16.0. The summed E-state index contributed by atoms with van der Waals surface area (Å²) < 4.78 is 12.9. The van der Waals surface area contributed by atoms with E-state index in [1.807, 2.05) is 12.1 Å². The van der Waals surface area contributed by atoms with Crippen LogP contribution in [0.1, 0.15) is 18.1 Å². The molecule has 3 nitrogen and oxygen atoms in total. The van der Waals surface area contributed by atoms with Crippen molar-refractivity contribution in [1.82, 2.24) is 0 Å². The summed E-state index contributed by atoms with van der Waals surface area (Å²) in [6.45, 7) is 4.25. The number of allylic oxidation sites excluding steroid dienone is 1. The van der Waals surface area contributed by atoms with Crippen molar-refractivity contribution in [3.63, 3.8) is 0 Å². The summed E-state index contributed by atoms with van der Waals surface area (Å²) in [5, 5.41) is 6.78. The second kappa shape index (κ2) is 10.8. The van der Waals surface area contributed by atoms with Gasteiger partial charge in [0.1, 0.15) is 22.3 Å². The molecule has 0 unspecified atom stereocenters. The number of fused-ring (bicyclic) bond motifs is 8. The maximum absolute atomic E-state index is 6.47. The van der Waals surface area contributed by atoms with Crippen molar-refractivity contribution in [2.75, 3.05) is 4.90 Å². The van der Waals surface area contributed by atoms with Gasteiger partial charge in [-0.15, -0.1) is 0 Å². The first-order valence-corrected chi connectivity index (χ1v) is 16.0. The average Bonchev–Trinajstić information content (AvgIpc) is 3.68. The van der Waals surface area contributed by atoms with Crippen molar-refractivity contribution in [3.05, 3.63) is 157 Å². The van der Waals surface area contributed by atoms with Crippen LogP contribution in [-0.4, -0.2) is 0 Å². The van der Waals surface area contributed by atoms with E-state index in [0.717, 1.165) is 77.5 Å². The van der Waals surface area contributed by atoms with E-state index in [2.05, 4.69) is 158 Å². The van der Waals surface area contributed by atoms with Crippen molar-refractivity contribution in [3.8, 4) is 11.1 Å². The summed E-state index contributed by atoms with van der Waals surface area (Å²) in [5.41, 5.74) is 11.4. The Morgan fingerprint density at radius 1 is 0.532 bits per heavy atom. The highest BCUT2D eigenvalue weighted by molar-refractivity contribution is 6.16. The lowest BCUT2D eigenvalue weighted by molar-refractivity contribution is 0.669. The lowest BCUT2D eigenvalue weighted by Gasteiger charge is -2.30. The fourth-order valence-electron chi connectivity index (χ4n) is 7.09. The molecule has 2 aromatic heterocycles. The Hall–Kier alpha value is -6.06. The molecule has 0 aliphatic heterocycles. The number of hydrogen-bond donors (Lipinski definition) is 0. The monoisotopic (exact) mass is 605 g/mol. The van der Waals surface area contributed by atoms with Crippen molar-refractivity contribution >= 4 is 77.8 Å². The zero-order chi connectivity index (χ0) is 31.5. The van der Waals surface area contributed by atoms with Gasteiger partial charge in [0.25, 0.3) is 0 Å². The molecular weight excluding hydrogens is 574 g/mol. The van der Waals surface area contributed by atoms with Crippen LogP contribution in [0, 0.1) is 6.92 Å². The minimum Gasteiger partial charge on any atom is -0.456 e. The summed E-state index contributed by atoms with van der Waals surface area (Å²) in [4.78, 5) is 2.37. The van der Waals surface area contributed by atoms with Gasteiger partial charge >= 0.3 is 0 Å². The molecule has 0 N–H and O–H groups in total. The first kappa shape index (κ1) is 27.3. The summed E-state index contributed by atoms with van der Waals surface area (Å²) in [6.07, 6.45) is 4.31. The van der Waals surface area contributed by atoms with Crippen LogP contribution in [0.4, 0.5) is 17.1 Å². The standard InChI is InChI=1S/C44H31NO2/c1-3-11-32-28(2)12-10-18-39(32)45(31-22-24-36-35-16-7-9-19-41(35)46-43(36)27-31)40-17-8-6-14-33(40)30-21-25-42-38(26-30)37-23-20-29-13-4-5-15-34(29)44(37)47-42/h3-27H,1-2H3/b11-3-. The zero-order valence-corrected chi connectivity index (χ0v) is 26.2. The Morgan fingerprint density at radius 2 is 1.28 bits per heavy atom. The van der Waals surface area contributed by atoms with Crippen molar-refractivity contribution in [2.24, 2.45) is 0 Å². The fraction of sp³-hybridized carbons (Fsp3) is 0.0455. The quantitative estimate of drug-likeness (QED) is 0.195. The molecule has 0 aliphatic rings. The van der Waals surface area contributed by atoms with Gasteiger partial charge < -0.3 is 13.7 Å². The Kier molecular flexibility index (Phi) is 6.26. The molecule has 0 radical (unpaired) electrons. The number of furan rings is 2. The number of aryl methyl sites for hydroxylation is 1. The van der Waals surface area contributed by atoms with Crippen LogP contribution < -0.4 is 4.90 Å². The fourth-order valence-corrected chi connectivity index (χ4v) is 7.09. The molecule has 0 fully saturated rings. The molecule has 0 atom stereocenters. The summed E-state index contributed by atoms with van der Waals surface area (Å²) in [6, 6.07) is 49.3. The molecule has 2 heterocycles. The van der Waals surface area contributed by atoms with E-state index < -0.39 is 0 Å². The molecule has 0 spiro atoms. The predicted molar refractivity (Wildman–Crippen MR) is 198 cm³/mol. The van der Waals surface area contributed by atoms with Gasteiger partial charge in [-0.3, -0.25) is 0 Å². The molecule has 0 aliphatic carbocycles. The van der Waals surface area contributed by atoms with Crippen molar-refractivity contribution in [1.29, 1.82) is 0 Å². The van der Waals surface area contributed by atoms with Crippen LogP contribution in [0.2, 0.25) is 0 Å². The average molecular weight is 606 g/mol. The van der Waals surface area contributed by atoms with E-state index >= 15 is 0 Å². The molecular formula is C44H31NO2. The van der Waals surface area contributed by atoms with Gasteiger partial charge in [-0.25, -0.2) is 0 Å². The van der Waals surface area contributed by atoms with Gasteiger partial charge in [0.05, 0.1) is 11.4 Å². The van der Waals surface area contributed by atoms with Crippen LogP contribution in [0.5, 0.6) is 0 Å². The van der Waals surface area contributed by atoms with E-state index in [9.17, 15) is 0 Å². The Morgan fingerprint density at radius 3 is 2.19 bits per heavy atom. The molecule has 0 saturated carbocycles. The topological polar surface area (TPSA) is 29.5 Å². The molecule has 0 saturated heterocycles. The number of para-hydroxylation sites is 2. The maximum atomic E-state index is 6.47. The Balaban J connectivity index is 1.28. The van der Waals surface area contributed by atoms with E-state index in [-0.39, 0.29) is 0 Å². The second-order valence-corrected chi connectivity index (χ2v) is 12.1. The van der Waals surface area contributed by atoms with Crippen molar-refractivity contribution < 1.29 is 8.83 Å². The SMILES string of the molecule is C/C=C\c1c(C)cccc1N(c1ccc2c(c1)oc1ccccc12)c1ccccc1-c1ccc2oc3c4ccccc4ccc3c2c1. The van der Waals surface area contributed by atoms with Gasteiger partial charge in [0, 0.05) is 49.8 Å². The van der Waals surface area contributed by atoms with Crippen LogP contribution in [0.25, 0.3) is 71.9 Å². The summed E-state index contributed by atoms with van der Waals surface area (Å²) in [5.74, 6) is 0. The predicted octanol–water partition coefficient (Wildman–Crippen LogP) is 13.1. The third kappa shape index (κ3) is 4.35. The van der Waals surface area contributed by atoms with Gasteiger partial charge in [0.2, 0.25) is 0 Å². The molecule has 3 heteroatoms. The number of nitrogens with zero attached hydrogens (tertiary/aromatic N) is 1. The van der Waals surface area contributed by atoms with E-state index in [0.29, 0.717) is 0 Å². The Bertz CT molecular complexity index is 2670. The van der Waals surface area contributed by atoms with Crippen LogP contribution in [-0.2, 0) is 0 Å². The van der Waals surface area contributed by atoms with Gasteiger partial charge in [-0.05, 0) is 78.9 Å². The number of anilines is 3. The first-order chi connectivity index (χ1) is 23.2. The zero-order valence-electron chi connectivity index (χ0n) is 26.2. The minimum atomic E-state index is 0.866. The van der Waals surface area contributed by atoms with Crippen LogP contribution >= 0.6 is 0 Å². The third-order valence-electron chi connectivity index (χ3n) is 9.31. The van der Waals surface area contributed by atoms with Gasteiger partial charge in [-0.1, -0.05) is 97.1 Å². The number of rotatable bonds is 5. The van der Waals surface area contributed by atoms with Crippen molar-refractivity contribution in [2.45, 2.75) is 13.8 Å².